The van der Waals surface area contributed by atoms with Crippen LogP contribution in [0.25, 0.3) is 0 Å². The number of aliphatic hydroxyl groups is 1. The van der Waals surface area contributed by atoms with Crippen molar-refractivity contribution in [2.24, 2.45) is 23.2 Å². The Kier molecular flexibility index (Phi) is 9.23. The summed E-state index contributed by atoms with van der Waals surface area (Å²) in [6.45, 7) is 16.4. The molecular formula is C33H49N5O3S+2. The van der Waals surface area contributed by atoms with Gasteiger partial charge in [0.05, 0.1) is 18.8 Å². The van der Waals surface area contributed by atoms with E-state index < -0.39 is 6.10 Å². The molecular weight excluding hydrogens is 546 g/mol. The zero-order valence-corrected chi connectivity index (χ0v) is 26.7. The first-order chi connectivity index (χ1) is 20.0. The highest BCUT2D eigenvalue weighted by Gasteiger charge is 2.54. The van der Waals surface area contributed by atoms with Gasteiger partial charge in [0.1, 0.15) is 32.7 Å². The summed E-state index contributed by atoms with van der Waals surface area (Å²) in [5.41, 5.74) is 2.80. The molecule has 2 fully saturated rings. The van der Waals surface area contributed by atoms with E-state index in [4.69, 9.17) is 4.98 Å². The predicted molar refractivity (Wildman–Crippen MR) is 167 cm³/mol. The number of thiazole rings is 1. The zero-order valence-electron chi connectivity index (χ0n) is 25.9. The molecule has 228 valence electrons. The number of quaternary nitrogens is 2. The third kappa shape index (κ3) is 6.20. The summed E-state index contributed by atoms with van der Waals surface area (Å²) in [6, 6.07) is 7.99. The quantitative estimate of drug-likeness (QED) is 0.350. The van der Waals surface area contributed by atoms with Crippen molar-refractivity contribution < 1.29 is 24.5 Å². The Morgan fingerprint density at radius 2 is 1.95 bits per heavy atom. The zero-order chi connectivity index (χ0) is 30.2. The lowest BCUT2D eigenvalue weighted by molar-refractivity contribution is -1.01. The predicted octanol–water partition coefficient (Wildman–Crippen LogP) is 1.64. The Balaban J connectivity index is 1.25. The van der Waals surface area contributed by atoms with E-state index in [9.17, 15) is 14.7 Å². The lowest BCUT2D eigenvalue weighted by atomic mass is 9.53. The van der Waals surface area contributed by atoms with E-state index in [1.54, 1.807) is 39.2 Å². The second kappa shape index (κ2) is 12.6. The van der Waals surface area contributed by atoms with Crippen molar-refractivity contribution in [2.45, 2.75) is 58.6 Å². The van der Waals surface area contributed by atoms with E-state index in [1.807, 2.05) is 19.1 Å². The first-order valence-electron chi connectivity index (χ1n) is 15.6. The number of rotatable bonds is 8. The first kappa shape index (κ1) is 30.9. The molecule has 6 atom stereocenters. The molecule has 2 heterocycles. The first-order valence-corrected chi connectivity index (χ1v) is 16.4. The maximum atomic E-state index is 13.2. The van der Waals surface area contributed by atoms with Gasteiger partial charge in [0.2, 0.25) is 5.91 Å². The lowest BCUT2D eigenvalue weighted by Gasteiger charge is -2.53. The molecule has 0 bridgehead atoms. The highest BCUT2D eigenvalue weighted by molar-refractivity contribution is 7.15. The van der Waals surface area contributed by atoms with Gasteiger partial charge >= 0.3 is 0 Å². The molecule has 0 radical (unpaired) electrons. The number of likely N-dealkylation sites (N-methyl/N-ethyl adjacent to an activating group) is 2. The number of benzene rings is 1. The molecule has 0 unspecified atom stereocenters. The van der Waals surface area contributed by atoms with Gasteiger partial charge in [-0.3, -0.25) is 14.9 Å². The van der Waals surface area contributed by atoms with Crippen LogP contribution in [-0.2, 0) is 17.8 Å². The highest BCUT2D eigenvalue weighted by atomic mass is 32.1. The molecule has 1 saturated carbocycles. The number of amides is 2. The Morgan fingerprint density at radius 1 is 1.26 bits per heavy atom. The molecule has 42 heavy (non-hydrogen) atoms. The fourth-order valence-electron chi connectivity index (χ4n) is 7.85. The Bertz CT molecular complexity index is 1290. The second-order valence-electron chi connectivity index (χ2n) is 13.5. The summed E-state index contributed by atoms with van der Waals surface area (Å²) in [5, 5.41) is 15.4. The number of carbonyl (C=O) groups excluding carboxylic acids is 2. The lowest BCUT2D eigenvalue weighted by Crippen LogP contribution is -3.26. The van der Waals surface area contributed by atoms with Crippen LogP contribution < -0.4 is 15.1 Å². The van der Waals surface area contributed by atoms with Gasteiger partial charge in [0.25, 0.3) is 5.91 Å². The number of anilines is 1. The molecule has 3 aliphatic rings. The van der Waals surface area contributed by atoms with E-state index in [2.05, 4.69) is 44.9 Å². The number of hydrogen-bond donors (Lipinski definition) is 4. The molecule has 1 saturated heterocycles. The summed E-state index contributed by atoms with van der Waals surface area (Å²) in [6.07, 6.45) is 3.75. The summed E-state index contributed by atoms with van der Waals surface area (Å²) >= 11 is 1.57. The van der Waals surface area contributed by atoms with Crippen molar-refractivity contribution in [2.75, 3.05) is 52.1 Å². The van der Waals surface area contributed by atoms with E-state index in [-0.39, 0.29) is 40.9 Å². The van der Waals surface area contributed by atoms with Gasteiger partial charge in [0, 0.05) is 41.4 Å². The Hall–Kier alpha value is -2.59. The minimum atomic E-state index is -0.588. The van der Waals surface area contributed by atoms with Crippen LogP contribution in [0.15, 0.2) is 36.9 Å². The average Bonchev–Trinajstić information content (AvgIpc) is 3.35. The molecule has 2 aliphatic carbocycles. The molecule has 1 aliphatic heterocycles. The van der Waals surface area contributed by atoms with Gasteiger partial charge in [0.15, 0.2) is 5.13 Å². The standard InChI is InChI=1S/C33H47N5O3S/c1-7-14-37(6)31(41)21(2)25-12-13-33(4)19-26-28(22(3)27(33)29(25)39)34-32(42-26)35-30(40)24-10-8-23(9-11-24)20-38-17-15-36(5)16-18-38/h7-11,21-22,25,27,29,39H,1,12-20H2,2-6H3,(H,34,35,40)/p+2/t21-,22-,25-,27+,29-,33-/m0/s1. The fourth-order valence-corrected chi connectivity index (χ4v) is 9.11. The van der Waals surface area contributed by atoms with Gasteiger partial charge < -0.3 is 19.8 Å². The number of nitrogens with zero attached hydrogens (tertiary/aromatic N) is 2. The van der Waals surface area contributed by atoms with Crippen LogP contribution in [-0.4, -0.2) is 79.7 Å². The Labute approximate surface area is 254 Å². The molecule has 2 amide bonds. The minimum Gasteiger partial charge on any atom is -0.392 e. The van der Waals surface area contributed by atoms with Crippen molar-refractivity contribution in [3.05, 3.63) is 58.6 Å². The summed E-state index contributed by atoms with van der Waals surface area (Å²) in [5.74, 6) is -0.402. The Morgan fingerprint density at radius 3 is 2.62 bits per heavy atom. The van der Waals surface area contributed by atoms with Crippen LogP contribution in [0.5, 0.6) is 0 Å². The SMILES string of the molecule is C=CCN(C)C(=O)[C@@H](C)[C@@H]1CC[C@@]2(C)Cc3sc(NC(=O)c4ccc(C[NH+]5CC[NH+](C)CC5)cc4)nc3[C@@H](C)[C@@H]2[C@H]1O. The van der Waals surface area contributed by atoms with Crippen LogP contribution in [0.1, 0.15) is 66.0 Å². The van der Waals surface area contributed by atoms with Crippen LogP contribution in [0.4, 0.5) is 5.13 Å². The second-order valence-corrected chi connectivity index (χ2v) is 14.6. The maximum absolute atomic E-state index is 13.2. The monoisotopic (exact) mass is 595 g/mol. The number of hydrogen-bond acceptors (Lipinski definition) is 5. The summed E-state index contributed by atoms with van der Waals surface area (Å²) < 4.78 is 0. The van der Waals surface area contributed by atoms with E-state index >= 15 is 0 Å². The van der Waals surface area contributed by atoms with Crippen LogP contribution in [0.3, 0.4) is 0 Å². The topological polar surface area (TPSA) is 91.4 Å². The van der Waals surface area contributed by atoms with Gasteiger partial charge in [-0.2, -0.15) is 0 Å². The number of aliphatic hydroxyl groups excluding tert-OH is 1. The molecule has 9 heteroatoms. The van der Waals surface area contributed by atoms with Crippen molar-refractivity contribution in [3.63, 3.8) is 0 Å². The third-order valence-electron chi connectivity index (χ3n) is 10.4. The van der Waals surface area contributed by atoms with Crippen LogP contribution >= 0.6 is 11.3 Å². The smallest absolute Gasteiger partial charge is 0.257 e. The van der Waals surface area contributed by atoms with Crippen molar-refractivity contribution in [3.8, 4) is 0 Å². The van der Waals surface area contributed by atoms with Crippen LogP contribution in [0, 0.1) is 23.2 Å². The summed E-state index contributed by atoms with van der Waals surface area (Å²) in [7, 11) is 4.05. The number of piperazine rings is 1. The fraction of sp³-hybridized carbons (Fsp3) is 0.606. The molecule has 0 spiro atoms. The number of aromatic nitrogens is 1. The van der Waals surface area contributed by atoms with E-state index in [0.717, 1.165) is 31.5 Å². The molecule has 1 aromatic carbocycles. The normalized spacial score (nSPS) is 31.4. The van der Waals surface area contributed by atoms with E-state index in [0.29, 0.717) is 17.2 Å². The van der Waals surface area contributed by atoms with Crippen molar-refractivity contribution in [1.29, 1.82) is 0 Å². The molecule has 8 nitrogen and oxygen atoms in total. The molecule has 1 aromatic heterocycles. The van der Waals surface area contributed by atoms with Crippen LogP contribution in [0.2, 0.25) is 0 Å². The number of carbonyl (C=O) groups is 2. The molecule has 2 aromatic rings. The van der Waals surface area contributed by atoms with Crippen molar-refractivity contribution in [1.82, 2.24) is 9.88 Å². The van der Waals surface area contributed by atoms with Gasteiger partial charge in [-0.05, 0) is 48.6 Å². The third-order valence-corrected chi connectivity index (χ3v) is 11.4. The van der Waals surface area contributed by atoms with E-state index in [1.165, 1.54) is 36.6 Å². The summed E-state index contributed by atoms with van der Waals surface area (Å²) in [4.78, 5) is 37.2. The average molecular weight is 596 g/mol. The largest absolute Gasteiger partial charge is 0.392 e. The molecule has 5 rings (SSSR count). The molecule has 4 N–H and O–H groups in total. The maximum Gasteiger partial charge on any atom is 0.257 e. The number of fused-ring (bicyclic) bond motifs is 2. The van der Waals surface area contributed by atoms with Crippen molar-refractivity contribution >= 4 is 28.3 Å². The van der Waals surface area contributed by atoms with Gasteiger partial charge in [-0.1, -0.05) is 39.0 Å². The minimum absolute atomic E-state index is 0.00532. The van der Waals surface area contributed by atoms with Gasteiger partial charge in [-0.25, -0.2) is 4.98 Å². The number of nitrogens with one attached hydrogen (secondary N) is 3. The van der Waals surface area contributed by atoms with Gasteiger partial charge in [-0.15, -0.1) is 17.9 Å². The highest BCUT2D eigenvalue weighted by Crippen LogP contribution is 2.57.